The summed E-state index contributed by atoms with van der Waals surface area (Å²) in [5.41, 5.74) is 0. The topological polar surface area (TPSA) is 56.3 Å². The minimum atomic E-state index is 0.732. The highest BCUT2D eigenvalue weighted by Crippen LogP contribution is 2.32. The molecule has 0 aliphatic heterocycles. The lowest BCUT2D eigenvalue weighted by molar-refractivity contribution is 0.199. The van der Waals surface area contributed by atoms with E-state index >= 15 is 0 Å². The Labute approximate surface area is 120 Å². The Kier molecular flexibility index (Phi) is 5.71. The van der Waals surface area contributed by atoms with Gasteiger partial charge in [0.1, 0.15) is 10.8 Å². The van der Waals surface area contributed by atoms with E-state index in [-0.39, 0.29) is 0 Å². The van der Waals surface area contributed by atoms with Gasteiger partial charge in [0.15, 0.2) is 5.01 Å². The van der Waals surface area contributed by atoms with Crippen molar-refractivity contribution in [3.63, 3.8) is 0 Å². The lowest BCUT2D eigenvalue weighted by Gasteiger charge is -2.00. The van der Waals surface area contributed by atoms with E-state index in [2.05, 4.69) is 15.5 Å². The van der Waals surface area contributed by atoms with E-state index in [1.807, 2.05) is 11.4 Å². The fourth-order valence-corrected chi connectivity index (χ4v) is 3.24. The zero-order chi connectivity index (χ0) is 13.5. The first-order chi connectivity index (χ1) is 9.33. The predicted molar refractivity (Wildman–Crippen MR) is 78.2 cm³/mol. The maximum absolute atomic E-state index is 5.17. The monoisotopic (exact) mass is 299 g/mol. The molecule has 2 aromatic heterocycles. The van der Waals surface area contributed by atoms with Crippen LogP contribution >= 0.6 is 22.7 Å². The van der Waals surface area contributed by atoms with E-state index in [9.17, 15) is 0 Å². The minimum Gasteiger partial charge on any atom is -0.496 e. The smallest absolute Gasteiger partial charge is 0.157 e. The Morgan fingerprint density at radius 2 is 2.16 bits per heavy atom. The molecule has 5 nitrogen and oxygen atoms in total. The zero-order valence-electron chi connectivity index (χ0n) is 11.0. The molecule has 7 heteroatoms. The Balaban J connectivity index is 1.84. The van der Waals surface area contributed by atoms with Gasteiger partial charge in [0.05, 0.1) is 18.6 Å². The van der Waals surface area contributed by atoms with Crippen molar-refractivity contribution < 1.29 is 9.47 Å². The van der Waals surface area contributed by atoms with Crippen LogP contribution < -0.4 is 10.1 Å². The van der Waals surface area contributed by atoms with Crippen molar-refractivity contribution in [2.24, 2.45) is 0 Å². The summed E-state index contributed by atoms with van der Waals surface area (Å²) in [6.45, 7) is 2.49. The first-order valence-corrected chi connectivity index (χ1v) is 7.68. The van der Waals surface area contributed by atoms with Crippen LogP contribution in [0.1, 0.15) is 5.01 Å². The molecule has 19 heavy (non-hydrogen) atoms. The maximum Gasteiger partial charge on any atom is 0.157 e. The van der Waals surface area contributed by atoms with Crippen molar-refractivity contribution >= 4 is 22.7 Å². The summed E-state index contributed by atoms with van der Waals surface area (Å²) < 4.78 is 10.1. The molecule has 2 heterocycles. The summed E-state index contributed by atoms with van der Waals surface area (Å²) in [4.78, 5) is 1.10. The van der Waals surface area contributed by atoms with Crippen molar-refractivity contribution in [1.29, 1.82) is 0 Å². The number of rotatable bonds is 8. The van der Waals surface area contributed by atoms with Crippen LogP contribution in [0.5, 0.6) is 5.75 Å². The first-order valence-electron chi connectivity index (χ1n) is 5.98. The SMILES string of the molecule is COCCNCCc1nnc(-c2cc(OC)cs2)s1. The highest BCUT2D eigenvalue weighted by Gasteiger charge is 2.09. The van der Waals surface area contributed by atoms with E-state index in [0.29, 0.717) is 0 Å². The Morgan fingerprint density at radius 1 is 1.26 bits per heavy atom. The van der Waals surface area contributed by atoms with E-state index < -0.39 is 0 Å². The normalized spacial score (nSPS) is 10.8. The number of nitrogens with one attached hydrogen (secondary N) is 1. The molecule has 0 saturated heterocycles. The molecule has 0 aromatic carbocycles. The van der Waals surface area contributed by atoms with Crippen molar-refractivity contribution in [2.45, 2.75) is 6.42 Å². The Hall–Kier alpha value is -1.02. The van der Waals surface area contributed by atoms with Crippen LogP contribution in [0.2, 0.25) is 0 Å². The molecular formula is C12H17N3O2S2. The molecule has 0 atom stereocenters. The second kappa shape index (κ2) is 7.54. The molecule has 0 fully saturated rings. The van der Waals surface area contributed by atoms with Gasteiger partial charge in [-0.15, -0.1) is 21.5 Å². The molecule has 1 N–H and O–H groups in total. The van der Waals surface area contributed by atoms with Crippen LogP contribution in [0.4, 0.5) is 0 Å². The van der Waals surface area contributed by atoms with Gasteiger partial charge in [0.2, 0.25) is 0 Å². The molecule has 0 unspecified atom stereocenters. The van der Waals surface area contributed by atoms with Gasteiger partial charge in [-0.3, -0.25) is 0 Å². The lowest BCUT2D eigenvalue weighted by atomic mass is 10.4. The van der Waals surface area contributed by atoms with E-state index in [1.54, 1.807) is 36.9 Å². The van der Waals surface area contributed by atoms with E-state index in [0.717, 1.165) is 46.8 Å². The molecule has 2 rings (SSSR count). The third kappa shape index (κ3) is 4.24. The summed E-state index contributed by atoms with van der Waals surface area (Å²) >= 11 is 3.26. The molecule has 0 saturated carbocycles. The fourth-order valence-electron chi connectivity index (χ4n) is 1.49. The summed E-state index contributed by atoms with van der Waals surface area (Å²) in [7, 11) is 3.37. The Morgan fingerprint density at radius 3 is 2.89 bits per heavy atom. The van der Waals surface area contributed by atoms with Crippen molar-refractivity contribution in [2.75, 3.05) is 33.9 Å². The minimum absolute atomic E-state index is 0.732. The van der Waals surface area contributed by atoms with Gasteiger partial charge >= 0.3 is 0 Å². The maximum atomic E-state index is 5.17. The van der Waals surface area contributed by atoms with Crippen molar-refractivity contribution in [1.82, 2.24) is 15.5 Å². The lowest BCUT2D eigenvalue weighted by Crippen LogP contribution is -2.21. The average Bonchev–Trinajstić information content (AvgIpc) is 3.07. The first kappa shape index (κ1) is 14.4. The summed E-state index contributed by atoms with van der Waals surface area (Å²) in [6.07, 6.45) is 0.893. The zero-order valence-corrected chi connectivity index (χ0v) is 12.6. The van der Waals surface area contributed by atoms with Gasteiger partial charge in [-0.05, 0) is 0 Å². The average molecular weight is 299 g/mol. The quantitative estimate of drug-likeness (QED) is 0.756. The van der Waals surface area contributed by atoms with Crippen molar-refractivity contribution in [3.05, 3.63) is 16.5 Å². The highest BCUT2D eigenvalue weighted by atomic mass is 32.1. The second-order valence-corrected chi connectivity index (χ2v) is 5.82. The number of aromatic nitrogens is 2. The highest BCUT2D eigenvalue weighted by molar-refractivity contribution is 7.20. The van der Waals surface area contributed by atoms with Gasteiger partial charge in [0, 0.05) is 38.1 Å². The van der Waals surface area contributed by atoms with Gasteiger partial charge in [-0.25, -0.2) is 0 Å². The number of ether oxygens (including phenoxy) is 2. The van der Waals surface area contributed by atoms with Gasteiger partial charge in [-0.2, -0.15) is 0 Å². The van der Waals surface area contributed by atoms with Crippen LogP contribution in [0.3, 0.4) is 0 Å². The molecule has 0 aliphatic carbocycles. The molecule has 0 radical (unpaired) electrons. The number of nitrogens with zero attached hydrogens (tertiary/aromatic N) is 2. The Bertz CT molecular complexity index is 499. The number of methoxy groups -OCH3 is 2. The summed E-state index contributed by atoms with van der Waals surface area (Å²) in [6, 6.07) is 1.99. The van der Waals surface area contributed by atoms with Gasteiger partial charge in [-0.1, -0.05) is 11.3 Å². The second-order valence-electron chi connectivity index (χ2n) is 3.84. The van der Waals surface area contributed by atoms with Crippen LogP contribution in [-0.4, -0.2) is 44.1 Å². The molecule has 0 spiro atoms. The third-order valence-corrected chi connectivity index (χ3v) is 4.55. The molecule has 104 valence electrons. The molecular weight excluding hydrogens is 282 g/mol. The van der Waals surface area contributed by atoms with Crippen LogP contribution in [-0.2, 0) is 11.2 Å². The standard InChI is InChI=1S/C12H17N3O2S2/c1-16-6-5-13-4-3-11-14-15-12(19-11)10-7-9(17-2)8-18-10/h7-8,13H,3-6H2,1-2H3. The third-order valence-electron chi connectivity index (χ3n) is 2.49. The molecule has 0 aliphatic rings. The molecule has 0 amide bonds. The van der Waals surface area contributed by atoms with Crippen LogP contribution in [0, 0.1) is 0 Å². The summed E-state index contributed by atoms with van der Waals surface area (Å²) in [5, 5.41) is 15.7. The number of hydrogen-bond donors (Lipinski definition) is 1. The number of thiophene rings is 1. The molecule has 0 bridgehead atoms. The number of hydrogen-bond acceptors (Lipinski definition) is 7. The van der Waals surface area contributed by atoms with E-state index in [1.165, 1.54) is 0 Å². The van der Waals surface area contributed by atoms with Crippen molar-refractivity contribution in [3.8, 4) is 15.6 Å². The van der Waals surface area contributed by atoms with Gasteiger partial charge < -0.3 is 14.8 Å². The molecule has 2 aromatic rings. The van der Waals surface area contributed by atoms with E-state index in [4.69, 9.17) is 9.47 Å². The van der Waals surface area contributed by atoms with Gasteiger partial charge in [0.25, 0.3) is 0 Å². The van der Waals surface area contributed by atoms with Crippen LogP contribution in [0.15, 0.2) is 11.4 Å². The van der Waals surface area contributed by atoms with Crippen LogP contribution in [0.25, 0.3) is 9.88 Å². The fraction of sp³-hybridized carbons (Fsp3) is 0.500. The summed E-state index contributed by atoms with van der Waals surface area (Å²) in [5.74, 6) is 0.873. The largest absolute Gasteiger partial charge is 0.496 e. The predicted octanol–water partition coefficient (Wildman–Crippen LogP) is 2.05.